The molecule has 2 N–H and O–H groups in total. The lowest BCUT2D eigenvalue weighted by atomic mass is 10.0. The number of aromatic amines is 1. The number of hydrogen-bond acceptors (Lipinski definition) is 4. The van der Waals surface area contributed by atoms with Crippen molar-refractivity contribution in [3.63, 3.8) is 0 Å². The summed E-state index contributed by atoms with van der Waals surface area (Å²) in [4.78, 5) is 27.7. The van der Waals surface area contributed by atoms with Crippen LogP contribution in [0, 0.1) is 36.7 Å². The number of hydrogen-bond donors (Lipinski definition) is 2. The van der Waals surface area contributed by atoms with Gasteiger partial charge < -0.3 is 4.98 Å². The summed E-state index contributed by atoms with van der Waals surface area (Å²) in [5.41, 5.74) is 8.06. The number of carbonyl (C=O) groups is 1. The molecular formula is C24H22FN4O3S+. The Balaban J connectivity index is 1.83. The fourth-order valence-corrected chi connectivity index (χ4v) is 4.54. The van der Waals surface area contributed by atoms with Gasteiger partial charge in [-0.25, -0.2) is 4.39 Å². The molecule has 168 valence electrons. The largest absolute Gasteiger partial charge is 0.350 e. The number of H-pyrrole nitrogens is 1. The zero-order chi connectivity index (χ0) is 23.7. The maximum absolute atomic E-state index is 13.6. The summed E-state index contributed by atoms with van der Waals surface area (Å²) < 4.78 is 15.3. The lowest BCUT2D eigenvalue weighted by molar-refractivity contribution is -0.654. The van der Waals surface area contributed by atoms with Crippen LogP contribution in [0.15, 0.2) is 59.5 Å². The van der Waals surface area contributed by atoms with Gasteiger partial charge in [0.2, 0.25) is 11.4 Å². The summed E-state index contributed by atoms with van der Waals surface area (Å²) in [7, 11) is 0. The first-order valence-electron chi connectivity index (χ1n) is 10.2. The number of carbonyl (C=O) groups excluding carboxylic acids is 1. The number of nitro groups is 1. The van der Waals surface area contributed by atoms with Crippen molar-refractivity contribution in [1.82, 2.24) is 4.98 Å². The Hall–Kier alpha value is -3.72. The summed E-state index contributed by atoms with van der Waals surface area (Å²) in [5.74, 6) is -1.00. The Bertz CT molecular complexity index is 1360. The molecule has 2 aromatic carbocycles. The molecule has 2 aromatic heterocycles. The molecule has 0 fully saturated rings. The molecule has 0 spiro atoms. The van der Waals surface area contributed by atoms with Gasteiger partial charge in [-0.1, -0.05) is 16.8 Å². The molecule has 0 unspecified atom stereocenters. The number of amides is 1. The molecule has 0 saturated heterocycles. The predicted molar refractivity (Wildman–Crippen MR) is 126 cm³/mol. The second-order valence-electron chi connectivity index (χ2n) is 7.79. The van der Waals surface area contributed by atoms with E-state index in [1.807, 2.05) is 39.0 Å². The average molecular weight is 466 g/mol. The minimum atomic E-state index is -0.394. The van der Waals surface area contributed by atoms with Crippen molar-refractivity contribution in [3.8, 4) is 11.1 Å². The molecule has 2 heterocycles. The van der Waals surface area contributed by atoms with Crippen LogP contribution in [-0.4, -0.2) is 21.7 Å². The van der Waals surface area contributed by atoms with Crippen LogP contribution < -0.4 is 10.1 Å². The zero-order valence-corrected chi connectivity index (χ0v) is 19.1. The molecule has 0 saturated carbocycles. The smallest absolute Gasteiger partial charge is 0.322 e. The molecule has 1 amide bonds. The van der Waals surface area contributed by atoms with E-state index < -0.39 is 4.92 Å². The third-order valence-corrected chi connectivity index (χ3v) is 6.19. The summed E-state index contributed by atoms with van der Waals surface area (Å²) >= 11 is 1.10. The molecule has 33 heavy (non-hydrogen) atoms. The first-order chi connectivity index (χ1) is 15.7. The van der Waals surface area contributed by atoms with Crippen molar-refractivity contribution in [2.24, 2.45) is 0 Å². The molecule has 0 aliphatic rings. The van der Waals surface area contributed by atoms with Crippen LogP contribution in [0.4, 0.5) is 4.39 Å². The highest BCUT2D eigenvalue weighted by molar-refractivity contribution is 7.99. The van der Waals surface area contributed by atoms with Crippen LogP contribution in [0.3, 0.4) is 0 Å². The SMILES string of the molecule is Cc1cc(C)[n+](NC(=O)c2[nH]c3ccc(SC[N+](=O)[O-])cc3c2-c2ccc(F)cc2)c(C)c1. The quantitative estimate of drug-likeness (QED) is 0.139. The van der Waals surface area contributed by atoms with Gasteiger partial charge in [-0.15, -0.1) is 5.43 Å². The molecule has 7 nitrogen and oxygen atoms in total. The minimum absolute atomic E-state index is 0.266. The first-order valence-corrected chi connectivity index (χ1v) is 11.2. The van der Waals surface area contributed by atoms with Gasteiger partial charge in [0.25, 0.3) is 5.88 Å². The molecular weight excluding hydrogens is 443 g/mol. The van der Waals surface area contributed by atoms with E-state index in [2.05, 4.69) is 10.4 Å². The summed E-state index contributed by atoms with van der Waals surface area (Å²) in [6.45, 7) is 5.81. The van der Waals surface area contributed by atoms with Gasteiger partial charge in [0.1, 0.15) is 11.5 Å². The standard InChI is InChI=1S/C24H21FN4O3S/c1-14-10-15(2)29(16(3)11-14)27-24(30)23-22(17-4-6-18(25)7-5-17)20-12-19(33-13-28(31)32)8-9-21(20)26-23/h4-12H,13H2,1-3H3,(H-,26,27,30)/p+1. The predicted octanol–water partition coefficient (Wildman–Crippen LogP) is 4.90. The van der Waals surface area contributed by atoms with Gasteiger partial charge in [-0.3, -0.25) is 14.9 Å². The molecule has 9 heteroatoms. The average Bonchev–Trinajstić information content (AvgIpc) is 3.14. The van der Waals surface area contributed by atoms with E-state index in [0.717, 1.165) is 34.1 Å². The minimum Gasteiger partial charge on any atom is -0.350 e. The van der Waals surface area contributed by atoms with Crippen molar-refractivity contribution in [2.45, 2.75) is 25.7 Å². The van der Waals surface area contributed by atoms with Crippen molar-refractivity contribution < 1.29 is 18.8 Å². The van der Waals surface area contributed by atoms with Gasteiger partial charge in [0.15, 0.2) is 0 Å². The number of nitrogens with zero attached hydrogens (tertiary/aromatic N) is 2. The number of thioether (sulfide) groups is 1. The topological polar surface area (TPSA) is 91.9 Å². The Morgan fingerprint density at radius 1 is 1.09 bits per heavy atom. The lowest BCUT2D eigenvalue weighted by Gasteiger charge is -2.07. The van der Waals surface area contributed by atoms with Crippen molar-refractivity contribution in [1.29, 1.82) is 0 Å². The number of benzene rings is 2. The van der Waals surface area contributed by atoms with Gasteiger partial charge >= 0.3 is 5.91 Å². The first kappa shape index (κ1) is 22.5. The van der Waals surface area contributed by atoms with E-state index in [0.29, 0.717) is 27.2 Å². The van der Waals surface area contributed by atoms with Crippen LogP contribution in [-0.2, 0) is 0 Å². The van der Waals surface area contributed by atoms with E-state index >= 15 is 0 Å². The number of nitrogens with one attached hydrogen (secondary N) is 2. The zero-order valence-electron chi connectivity index (χ0n) is 18.3. The molecule has 0 aliphatic carbocycles. The number of halogens is 1. The molecule has 0 bridgehead atoms. The van der Waals surface area contributed by atoms with Crippen LogP contribution in [0.1, 0.15) is 27.4 Å². The highest BCUT2D eigenvalue weighted by Gasteiger charge is 2.24. The van der Waals surface area contributed by atoms with E-state index in [-0.39, 0.29) is 17.6 Å². The van der Waals surface area contributed by atoms with Gasteiger partial charge in [0, 0.05) is 52.3 Å². The maximum atomic E-state index is 13.6. The monoisotopic (exact) mass is 465 g/mol. The highest BCUT2D eigenvalue weighted by atomic mass is 32.2. The summed E-state index contributed by atoms with van der Waals surface area (Å²) in [6.07, 6.45) is 0. The Morgan fingerprint density at radius 3 is 2.39 bits per heavy atom. The second-order valence-corrected chi connectivity index (χ2v) is 8.81. The third-order valence-electron chi connectivity index (χ3n) is 5.26. The fraction of sp³-hybridized carbons (Fsp3) is 0.167. The fourth-order valence-electron chi connectivity index (χ4n) is 3.92. The van der Waals surface area contributed by atoms with E-state index in [9.17, 15) is 19.3 Å². The summed E-state index contributed by atoms with van der Waals surface area (Å²) in [5, 5.41) is 11.5. The third kappa shape index (κ3) is 4.73. The van der Waals surface area contributed by atoms with Gasteiger partial charge in [-0.2, -0.15) is 0 Å². The van der Waals surface area contributed by atoms with Crippen LogP contribution in [0.2, 0.25) is 0 Å². The molecule has 0 aliphatic heterocycles. The highest BCUT2D eigenvalue weighted by Crippen LogP contribution is 2.35. The molecule has 0 atom stereocenters. The Morgan fingerprint density at radius 2 is 1.76 bits per heavy atom. The van der Waals surface area contributed by atoms with E-state index in [1.54, 1.807) is 28.9 Å². The van der Waals surface area contributed by atoms with Crippen molar-refractivity contribution in [2.75, 3.05) is 11.3 Å². The van der Waals surface area contributed by atoms with Crippen LogP contribution in [0.5, 0.6) is 0 Å². The number of rotatable bonds is 6. The van der Waals surface area contributed by atoms with Crippen LogP contribution >= 0.6 is 11.8 Å². The van der Waals surface area contributed by atoms with Crippen molar-refractivity contribution in [3.05, 3.63) is 93.2 Å². The lowest BCUT2D eigenvalue weighted by Crippen LogP contribution is -2.53. The second kappa shape index (κ2) is 9.03. The van der Waals surface area contributed by atoms with Crippen LogP contribution in [0.25, 0.3) is 22.0 Å². The maximum Gasteiger partial charge on any atom is 0.322 e. The molecule has 4 rings (SSSR count). The molecule has 4 aromatic rings. The summed E-state index contributed by atoms with van der Waals surface area (Å²) in [6, 6.07) is 15.2. The number of fused-ring (bicyclic) bond motifs is 1. The molecule has 0 radical (unpaired) electrons. The van der Waals surface area contributed by atoms with Crippen molar-refractivity contribution >= 4 is 28.6 Å². The number of aromatic nitrogens is 2. The normalized spacial score (nSPS) is 11.0. The van der Waals surface area contributed by atoms with Gasteiger partial charge in [-0.05, 0) is 60.1 Å². The number of pyridine rings is 1. The Labute approximate surface area is 193 Å². The Kier molecular flexibility index (Phi) is 6.15. The van der Waals surface area contributed by atoms with Gasteiger partial charge in [0.05, 0.1) is 0 Å². The van der Waals surface area contributed by atoms with E-state index in [1.165, 1.54) is 12.1 Å². The van der Waals surface area contributed by atoms with E-state index in [4.69, 9.17) is 0 Å². The number of aryl methyl sites for hydroxylation is 3.